The van der Waals surface area contributed by atoms with Gasteiger partial charge < -0.3 is 15.4 Å². The van der Waals surface area contributed by atoms with Crippen LogP contribution < -0.4 is 10.6 Å². The van der Waals surface area contributed by atoms with Crippen LogP contribution in [0.5, 0.6) is 0 Å². The van der Waals surface area contributed by atoms with Crippen molar-refractivity contribution in [2.45, 2.75) is 40.0 Å². The van der Waals surface area contributed by atoms with Crippen molar-refractivity contribution < 1.29 is 14.3 Å². The predicted octanol–water partition coefficient (Wildman–Crippen LogP) is 4.74. The molecule has 0 bridgehead atoms. The summed E-state index contributed by atoms with van der Waals surface area (Å²) >= 11 is 0. The molecule has 0 saturated heterocycles. The van der Waals surface area contributed by atoms with Crippen molar-refractivity contribution in [3.63, 3.8) is 0 Å². The molecule has 144 valence electrons. The van der Waals surface area contributed by atoms with Crippen LogP contribution in [0.15, 0.2) is 42.5 Å². The molecule has 5 nitrogen and oxygen atoms in total. The maximum atomic E-state index is 12.3. The van der Waals surface area contributed by atoms with E-state index in [0.717, 1.165) is 11.3 Å². The molecule has 2 aromatic rings. The summed E-state index contributed by atoms with van der Waals surface area (Å²) in [6.07, 6.45) is 0.295. The van der Waals surface area contributed by atoms with Crippen molar-refractivity contribution in [3.8, 4) is 0 Å². The zero-order valence-corrected chi connectivity index (χ0v) is 16.5. The second kappa shape index (κ2) is 9.76. The van der Waals surface area contributed by atoms with Gasteiger partial charge in [0.25, 0.3) is 0 Å². The Labute approximate surface area is 161 Å². The molecule has 0 spiro atoms. The first-order valence-electron chi connectivity index (χ1n) is 9.33. The van der Waals surface area contributed by atoms with Crippen LogP contribution in [0.1, 0.15) is 54.6 Å². The summed E-state index contributed by atoms with van der Waals surface area (Å²) in [6.45, 7) is 8.92. The Kier molecular flexibility index (Phi) is 7.41. The van der Waals surface area contributed by atoms with E-state index in [1.165, 1.54) is 5.56 Å². The van der Waals surface area contributed by atoms with E-state index in [1.54, 1.807) is 31.2 Å². The van der Waals surface area contributed by atoms with Gasteiger partial charge in [-0.25, -0.2) is 4.79 Å². The standard InChI is InChI=1S/C22H28N2O3/c1-5-27-22(26)18-10-6-7-12-19(18)24-20(25)13-14-23-21-16(4)9-8-11-17(21)15(2)3/h6-12,15,23H,5,13-14H2,1-4H3,(H,24,25). The van der Waals surface area contributed by atoms with Gasteiger partial charge >= 0.3 is 5.97 Å². The van der Waals surface area contributed by atoms with Crippen LogP contribution >= 0.6 is 0 Å². The molecule has 0 fully saturated rings. The number of anilines is 2. The Morgan fingerprint density at radius 1 is 1.07 bits per heavy atom. The lowest BCUT2D eigenvalue weighted by molar-refractivity contribution is -0.115. The van der Waals surface area contributed by atoms with Crippen molar-refractivity contribution in [2.75, 3.05) is 23.8 Å². The molecule has 0 atom stereocenters. The molecule has 2 rings (SSSR count). The first-order valence-corrected chi connectivity index (χ1v) is 9.33. The van der Waals surface area contributed by atoms with Crippen LogP contribution in [0.3, 0.4) is 0 Å². The molecular weight excluding hydrogens is 340 g/mol. The second-order valence-corrected chi connectivity index (χ2v) is 6.68. The van der Waals surface area contributed by atoms with Crippen molar-refractivity contribution >= 4 is 23.3 Å². The summed E-state index contributed by atoms with van der Waals surface area (Å²) in [6, 6.07) is 13.1. The lowest BCUT2D eigenvalue weighted by Gasteiger charge is -2.17. The molecule has 0 aliphatic carbocycles. The predicted molar refractivity (Wildman–Crippen MR) is 109 cm³/mol. The summed E-state index contributed by atoms with van der Waals surface area (Å²) in [7, 11) is 0. The topological polar surface area (TPSA) is 67.4 Å². The molecule has 0 aromatic heterocycles. The number of carbonyl (C=O) groups excluding carboxylic acids is 2. The molecule has 1 amide bonds. The molecule has 0 aliphatic heterocycles. The number of para-hydroxylation sites is 2. The Bertz CT molecular complexity index is 800. The number of aryl methyl sites for hydroxylation is 1. The van der Waals surface area contributed by atoms with Gasteiger partial charge in [-0.2, -0.15) is 0 Å². The Morgan fingerprint density at radius 3 is 2.52 bits per heavy atom. The third-order valence-corrected chi connectivity index (χ3v) is 4.28. The number of carbonyl (C=O) groups is 2. The zero-order valence-electron chi connectivity index (χ0n) is 16.5. The normalized spacial score (nSPS) is 10.6. The molecule has 0 saturated carbocycles. The fourth-order valence-electron chi connectivity index (χ4n) is 2.91. The van der Waals surface area contributed by atoms with E-state index in [0.29, 0.717) is 36.7 Å². The maximum Gasteiger partial charge on any atom is 0.340 e. The average molecular weight is 368 g/mol. The number of ether oxygens (including phenoxy) is 1. The molecule has 2 N–H and O–H groups in total. The minimum atomic E-state index is -0.437. The Morgan fingerprint density at radius 2 is 1.81 bits per heavy atom. The highest BCUT2D eigenvalue weighted by atomic mass is 16.5. The summed E-state index contributed by atoms with van der Waals surface area (Å²) in [5.74, 6) is -0.190. The summed E-state index contributed by atoms with van der Waals surface area (Å²) in [5.41, 5.74) is 4.32. The van der Waals surface area contributed by atoms with Gasteiger partial charge in [0.1, 0.15) is 0 Å². The maximum absolute atomic E-state index is 12.3. The number of hydrogen-bond donors (Lipinski definition) is 2. The van der Waals surface area contributed by atoms with Gasteiger partial charge in [-0.3, -0.25) is 4.79 Å². The first kappa shape index (κ1) is 20.5. The molecule has 0 unspecified atom stereocenters. The third kappa shape index (κ3) is 5.58. The van der Waals surface area contributed by atoms with E-state index in [-0.39, 0.29) is 5.91 Å². The fourth-order valence-corrected chi connectivity index (χ4v) is 2.91. The van der Waals surface area contributed by atoms with E-state index in [9.17, 15) is 9.59 Å². The van der Waals surface area contributed by atoms with Gasteiger partial charge in [0.2, 0.25) is 5.91 Å². The minimum absolute atomic E-state index is 0.154. The molecule has 5 heteroatoms. The quantitative estimate of drug-likeness (QED) is 0.661. The van der Waals surface area contributed by atoms with Gasteiger partial charge in [0.05, 0.1) is 17.9 Å². The van der Waals surface area contributed by atoms with Crippen LogP contribution in [-0.2, 0) is 9.53 Å². The van der Waals surface area contributed by atoms with Gasteiger partial charge in [-0.15, -0.1) is 0 Å². The third-order valence-electron chi connectivity index (χ3n) is 4.28. The summed E-state index contributed by atoms with van der Waals surface area (Å²) < 4.78 is 5.04. The number of benzene rings is 2. The summed E-state index contributed by atoms with van der Waals surface area (Å²) in [5, 5.41) is 6.19. The lowest BCUT2D eigenvalue weighted by atomic mass is 9.98. The first-order chi connectivity index (χ1) is 12.9. The van der Waals surface area contributed by atoms with E-state index in [2.05, 4.69) is 49.6 Å². The van der Waals surface area contributed by atoms with Gasteiger partial charge in [0.15, 0.2) is 0 Å². The summed E-state index contributed by atoms with van der Waals surface area (Å²) in [4.78, 5) is 24.3. The van der Waals surface area contributed by atoms with E-state index in [4.69, 9.17) is 4.74 Å². The smallest absolute Gasteiger partial charge is 0.340 e. The van der Waals surface area contributed by atoms with Gasteiger partial charge in [-0.05, 0) is 43.0 Å². The van der Waals surface area contributed by atoms with E-state index >= 15 is 0 Å². The highest BCUT2D eigenvalue weighted by Crippen LogP contribution is 2.27. The SMILES string of the molecule is CCOC(=O)c1ccccc1NC(=O)CCNc1c(C)cccc1C(C)C. The lowest BCUT2D eigenvalue weighted by Crippen LogP contribution is -2.19. The zero-order chi connectivity index (χ0) is 19.8. The minimum Gasteiger partial charge on any atom is -0.462 e. The van der Waals surface area contributed by atoms with Crippen molar-refractivity contribution in [1.82, 2.24) is 0 Å². The fraction of sp³-hybridized carbons (Fsp3) is 0.364. The molecule has 0 radical (unpaired) electrons. The second-order valence-electron chi connectivity index (χ2n) is 6.68. The van der Waals surface area contributed by atoms with E-state index < -0.39 is 5.97 Å². The molecular formula is C22H28N2O3. The Hall–Kier alpha value is -2.82. The van der Waals surface area contributed by atoms with Gasteiger partial charge in [-0.1, -0.05) is 44.2 Å². The van der Waals surface area contributed by atoms with Gasteiger partial charge in [0, 0.05) is 18.7 Å². The molecule has 27 heavy (non-hydrogen) atoms. The van der Waals surface area contributed by atoms with Crippen LogP contribution in [0.2, 0.25) is 0 Å². The largest absolute Gasteiger partial charge is 0.462 e. The molecule has 0 aliphatic rings. The van der Waals surface area contributed by atoms with Crippen LogP contribution in [0, 0.1) is 6.92 Å². The number of hydrogen-bond acceptors (Lipinski definition) is 4. The Balaban J connectivity index is 1.98. The monoisotopic (exact) mass is 368 g/mol. The molecule has 2 aromatic carbocycles. The number of esters is 1. The molecule has 0 heterocycles. The van der Waals surface area contributed by atoms with E-state index in [1.807, 2.05) is 0 Å². The number of amides is 1. The number of nitrogens with one attached hydrogen (secondary N) is 2. The van der Waals surface area contributed by atoms with Crippen molar-refractivity contribution in [3.05, 3.63) is 59.2 Å². The van der Waals surface area contributed by atoms with Crippen molar-refractivity contribution in [2.24, 2.45) is 0 Å². The van der Waals surface area contributed by atoms with Crippen LogP contribution in [0.4, 0.5) is 11.4 Å². The highest BCUT2D eigenvalue weighted by molar-refractivity contribution is 6.01. The van der Waals surface area contributed by atoms with Crippen LogP contribution in [-0.4, -0.2) is 25.0 Å². The number of rotatable bonds is 8. The van der Waals surface area contributed by atoms with Crippen molar-refractivity contribution in [1.29, 1.82) is 0 Å². The highest BCUT2D eigenvalue weighted by Gasteiger charge is 2.14. The van der Waals surface area contributed by atoms with Crippen LogP contribution in [0.25, 0.3) is 0 Å². The average Bonchev–Trinajstić information content (AvgIpc) is 2.63.